The van der Waals surface area contributed by atoms with Gasteiger partial charge in [0.2, 0.25) is 0 Å². The van der Waals surface area contributed by atoms with E-state index >= 15 is 0 Å². The van der Waals surface area contributed by atoms with Gasteiger partial charge in [-0.25, -0.2) is 0 Å². The first-order valence-electron chi connectivity index (χ1n) is 5.73. The first-order chi connectivity index (χ1) is 9.16. The molecule has 2 rings (SSSR count). The highest BCUT2D eigenvalue weighted by molar-refractivity contribution is 7.99. The highest BCUT2D eigenvalue weighted by atomic mass is 35.5. The summed E-state index contributed by atoms with van der Waals surface area (Å²) in [6.45, 7) is 0.803. The van der Waals surface area contributed by atoms with Gasteiger partial charge in [-0.3, -0.25) is 0 Å². The standard InChI is InChI=1S/C14H12Cl3NS/c15-11-8-13(17)14(9-12(11)16)18-6-7-19-10-4-2-1-3-5-10/h1-5,8-9,18H,6-7H2. The maximum absolute atomic E-state index is 6.09. The van der Waals surface area contributed by atoms with Gasteiger partial charge in [-0.15, -0.1) is 11.8 Å². The van der Waals surface area contributed by atoms with Crippen LogP contribution in [-0.4, -0.2) is 12.3 Å². The summed E-state index contributed by atoms with van der Waals surface area (Å²) in [5.74, 6) is 0.945. The summed E-state index contributed by atoms with van der Waals surface area (Å²) in [6, 6.07) is 13.7. The van der Waals surface area contributed by atoms with Gasteiger partial charge in [0.25, 0.3) is 0 Å². The van der Waals surface area contributed by atoms with Gasteiger partial charge in [0.05, 0.1) is 20.8 Å². The van der Waals surface area contributed by atoms with E-state index in [2.05, 4.69) is 17.4 Å². The molecule has 0 amide bonds. The van der Waals surface area contributed by atoms with Crippen molar-refractivity contribution in [1.29, 1.82) is 0 Å². The third-order valence-corrected chi connectivity index (χ3v) is 4.49. The predicted octanol–water partition coefficient (Wildman–Crippen LogP) is 5.85. The second kappa shape index (κ2) is 7.30. The Hall–Kier alpha value is -0.540. The second-order valence-corrected chi connectivity index (χ2v) is 6.22. The Morgan fingerprint density at radius 2 is 1.58 bits per heavy atom. The van der Waals surface area contributed by atoms with E-state index in [0.717, 1.165) is 18.0 Å². The molecule has 100 valence electrons. The fourth-order valence-electron chi connectivity index (χ4n) is 1.53. The Morgan fingerprint density at radius 3 is 2.32 bits per heavy atom. The van der Waals surface area contributed by atoms with Gasteiger partial charge in [-0.1, -0.05) is 53.0 Å². The van der Waals surface area contributed by atoms with Crippen molar-refractivity contribution in [3.05, 3.63) is 57.5 Å². The van der Waals surface area contributed by atoms with Gasteiger partial charge in [0, 0.05) is 17.2 Å². The molecule has 1 N–H and O–H groups in total. The van der Waals surface area contributed by atoms with Gasteiger partial charge in [-0.2, -0.15) is 0 Å². The van der Waals surface area contributed by atoms with E-state index in [1.54, 1.807) is 23.9 Å². The predicted molar refractivity (Wildman–Crippen MR) is 87.1 cm³/mol. The summed E-state index contributed by atoms with van der Waals surface area (Å²) >= 11 is 19.7. The van der Waals surface area contributed by atoms with Crippen LogP contribution in [0, 0.1) is 0 Å². The molecule has 0 saturated heterocycles. The van der Waals surface area contributed by atoms with Crippen LogP contribution in [0.4, 0.5) is 5.69 Å². The third-order valence-electron chi connectivity index (χ3n) is 2.44. The van der Waals surface area contributed by atoms with E-state index in [1.807, 2.05) is 18.2 Å². The van der Waals surface area contributed by atoms with Crippen molar-refractivity contribution in [3.8, 4) is 0 Å². The molecular formula is C14H12Cl3NS. The van der Waals surface area contributed by atoms with Crippen molar-refractivity contribution in [2.75, 3.05) is 17.6 Å². The lowest BCUT2D eigenvalue weighted by atomic mass is 10.3. The van der Waals surface area contributed by atoms with E-state index in [9.17, 15) is 0 Å². The number of anilines is 1. The molecule has 0 unspecified atom stereocenters. The number of benzene rings is 2. The SMILES string of the molecule is Clc1cc(Cl)c(NCCSc2ccccc2)cc1Cl. The summed E-state index contributed by atoms with van der Waals surface area (Å²) in [4.78, 5) is 1.25. The first kappa shape index (κ1) is 14.9. The average Bonchev–Trinajstić information content (AvgIpc) is 2.41. The molecular weight excluding hydrogens is 321 g/mol. The molecule has 0 bridgehead atoms. The summed E-state index contributed by atoms with van der Waals surface area (Å²) in [7, 11) is 0. The van der Waals surface area contributed by atoms with E-state index < -0.39 is 0 Å². The van der Waals surface area contributed by atoms with Crippen molar-refractivity contribution in [1.82, 2.24) is 0 Å². The molecule has 0 saturated carbocycles. The summed E-state index contributed by atoms with van der Waals surface area (Å²) in [5.41, 5.74) is 0.810. The van der Waals surface area contributed by atoms with Gasteiger partial charge >= 0.3 is 0 Å². The van der Waals surface area contributed by atoms with Crippen LogP contribution >= 0.6 is 46.6 Å². The smallest absolute Gasteiger partial charge is 0.0653 e. The molecule has 5 heteroatoms. The Morgan fingerprint density at radius 1 is 0.895 bits per heavy atom. The minimum Gasteiger partial charge on any atom is -0.383 e. The molecule has 19 heavy (non-hydrogen) atoms. The Balaban J connectivity index is 1.85. The van der Waals surface area contributed by atoms with E-state index in [1.165, 1.54) is 4.90 Å². The van der Waals surface area contributed by atoms with Crippen LogP contribution in [-0.2, 0) is 0 Å². The van der Waals surface area contributed by atoms with Crippen LogP contribution in [0.1, 0.15) is 0 Å². The van der Waals surface area contributed by atoms with Crippen molar-refractivity contribution < 1.29 is 0 Å². The zero-order chi connectivity index (χ0) is 13.7. The molecule has 0 aliphatic carbocycles. The molecule has 1 nitrogen and oxygen atoms in total. The average molecular weight is 333 g/mol. The molecule has 0 aromatic heterocycles. The minimum absolute atomic E-state index is 0.468. The quantitative estimate of drug-likeness (QED) is 0.418. The van der Waals surface area contributed by atoms with E-state index in [-0.39, 0.29) is 0 Å². The van der Waals surface area contributed by atoms with Crippen LogP contribution in [0.3, 0.4) is 0 Å². The maximum atomic E-state index is 6.09. The van der Waals surface area contributed by atoms with Gasteiger partial charge in [0.1, 0.15) is 0 Å². The highest BCUT2D eigenvalue weighted by Gasteiger charge is 2.05. The number of nitrogens with one attached hydrogen (secondary N) is 1. The minimum atomic E-state index is 0.468. The van der Waals surface area contributed by atoms with Crippen LogP contribution in [0.5, 0.6) is 0 Å². The lowest BCUT2D eigenvalue weighted by molar-refractivity contribution is 1.22. The van der Waals surface area contributed by atoms with E-state index in [0.29, 0.717) is 15.1 Å². The Bertz CT molecular complexity index is 546. The molecule has 0 aliphatic rings. The Kier molecular flexibility index (Phi) is 5.71. The van der Waals surface area contributed by atoms with Crippen molar-refractivity contribution >= 4 is 52.3 Å². The molecule has 0 spiro atoms. The largest absolute Gasteiger partial charge is 0.383 e. The van der Waals surface area contributed by atoms with Gasteiger partial charge < -0.3 is 5.32 Å². The maximum Gasteiger partial charge on any atom is 0.0653 e. The third kappa shape index (κ3) is 4.50. The first-order valence-corrected chi connectivity index (χ1v) is 7.85. The fourth-order valence-corrected chi connectivity index (χ4v) is 2.93. The number of halogens is 3. The molecule has 2 aromatic rings. The molecule has 0 atom stereocenters. The summed E-state index contributed by atoms with van der Waals surface area (Å²) in [6.07, 6.45) is 0. The van der Waals surface area contributed by atoms with E-state index in [4.69, 9.17) is 34.8 Å². The number of hydrogen-bond acceptors (Lipinski definition) is 2. The molecule has 0 radical (unpaired) electrons. The molecule has 0 aliphatic heterocycles. The number of rotatable bonds is 5. The number of thioether (sulfide) groups is 1. The van der Waals surface area contributed by atoms with Crippen molar-refractivity contribution in [2.24, 2.45) is 0 Å². The van der Waals surface area contributed by atoms with Crippen molar-refractivity contribution in [2.45, 2.75) is 4.90 Å². The van der Waals surface area contributed by atoms with Gasteiger partial charge in [-0.05, 0) is 24.3 Å². The van der Waals surface area contributed by atoms with Crippen molar-refractivity contribution in [3.63, 3.8) is 0 Å². The lowest BCUT2D eigenvalue weighted by Gasteiger charge is -2.09. The zero-order valence-corrected chi connectivity index (χ0v) is 13.1. The van der Waals surface area contributed by atoms with Gasteiger partial charge in [0.15, 0.2) is 0 Å². The normalized spacial score (nSPS) is 10.5. The zero-order valence-electron chi connectivity index (χ0n) is 10.00. The molecule has 2 aromatic carbocycles. The molecule has 0 fully saturated rings. The summed E-state index contributed by atoms with van der Waals surface area (Å²) in [5, 5.41) is 4.81. The van der Waals surface area contributed by atoms with Crippen LogP contribution in [0.15, 0.2) is 47.4 Å². The monoisotopic (exact) mass is 331 g/mol. The topological polar surface area (TPSA) is 12.0 Å². The second-order valence-electron chi connectivity index (χ2n) is 3.83. The fraction of sp³-hybridized carbons (Fsp3) is 0.143. The number of hydrogen-bond donors (Lipinski definition) is 1. The Labute approximate surface area is 132 Å². The van der Waals surface area contributed by atoms with Crippen LogP contribution in [0.2, 0.25) is 15.1 Å². The molecule has 0 heterocycles. The lowest BCUT2D eigenvalue weighted by Crippen LogP contribution is -2.04. The summed E-state index contributed by atoms with van der Waals surface area (Å²) < 4.78 is 0. The van der Waals surface area contributed by atoms with Crippen LogP contribution < -0.4 is 5.32 Å². The highest BCUT2D eigenvalue weighted by Crippen LogP contribution is 2.32. The van der Waals surface area contributed by atoms with Crippen LogP contribution in [0.25, 0.3) is 0 Å².